The number of thioether (sulfide) groups is 2. The normalized spacial score (nSPS) is 14.0. The van der Waals surface area contributed by atoms with E-state index in [9.17, 15) is 24.3 Å². The first-order valence-electron chi connectivity index (χ1n) is 22.1. The van der Waals surface area contributed by atoms with Gasteiger partial charge in [0.05, 0.1) is 64.1 Å². The Bertz CT molecular complexity index is 3080. The topological polar surface area (TPSA) is 222 Å². The van der Waals surface area contributed by atoms with E-state index in [4.69, 9.17) is 44.4 Å². The monoisotopic (exact) mass is 1000 g/mol. The largest absolute Gasteiger partial charge is 0.508 e. The Morgan fingerprint density at radius 1 is 0.577 bits per heavy atom. The van der Waals surface area contributed by atoms with E-state index < -0.39 is 12.0 Å². The number of aromatic carboxylic acids is 1. The zero-order chi connectivity index (χ0) is 51.5. The Morgan fingerprint density at radius 2 is 1.03 bits per heavy atom. The van der Waals surface area contributed by atoms with Crippen LogP contribution in [0.25, 0.3) is 22.3 Å². The number of hydrogen-bond acceptors (Lipinski definition) is 15. The van der Waals surface area contributed by atoms with Gasteiger partial charge in [-0.25, -0.2) is 4.79 Å². The highest BCUT2D eigenvalue weighted by Crippen LogP contribution is 2.51. The summed E-state index contributed by atoms with van der Waals surface area (Å²) in [6.45, 7) is 0. The molecule has 6 aromatic carbocycles. The summed E-state index contributed by atoms with van der Waals surface area (Å²) in [5, 5.41) is 30.1. The SMILES string of the molecule is COc1cc2c(c(OC)c1OC)-c1ccc(SC)c(=O)cc1[C@@H](N)CC2.COc1cc2c(c(OC)c1OC)-c1ccc(SC)c(=O)cc1[C@@H](NC(=O)c1cccc(O)c1)CC2.O=C(O)c1cccc(O)c1. The molecular weight excluding hydrogens is 949 g/mol. The molecule has 1 amide bonds. The maximum absolute atomic E-state index is 13.1. The third-order valence-electron chi connectivity index (χ3n) is 12.0. The molecule has 2 atom stereocenters. The van der Waals surface area contributed by atoms with Crippen molar-refractivity contribution in [3.8, 4) is 68.2 Å². The lowest BCUT2D eigenvalue weighted by molar-refractivity contribution is 0.0696. The number of aromatic hydroxyl groups is 2. The van der Waals surface area contributed by atoms with Crippen molar-refractivity contribution in [1.29, 1.82) is 0 Å². The lowest BCUT2D eigenvalue weighted by Gasteiger charge is -2.20. The number of phenolic OH excluding ortho intramolecular Hbond substituents is 2. The first-order valence-corrected chi connectivity index (χ1v) is 24.6. The summed E-state index contributed by atoms with van der Waals surface area (Å²) in [7, 11) is 9.49. The second kappa shape index (κ2) is 24.0. The van der Waals surface area contributed by atoms with Gasteiger partial charge in [0, 0.05) is 22.7 Å². The summed E-state index contributed by atoms with van der Waals surface area (Å²) in [6, 6.07) is 25.7. The van der Waals surface area contributed by atoms with Gasteiger partial charge >= 0.3 is 5.97 Å². The zero-order valence-corrected chi connectivity index (χ0v) is 42.2. The average molecular weight is 1010 g/mol. The Morgan fingerprint density at radius 3 is 1.46 bits per heavy atom. The molecule has 0 fully saturated rings. The van der Waals surface area contributed by atoms with Crippen molar-refractivity contribution in [2.45, 2.75) is 47.6 Å². The number of aryl methyl sites for hydroxylation is 2. The maximum atomic E-state index is 13.1. The number of carboxylic acid groups (broad SMARTS) is 1. The van der Waals surface area contributed by atoms with Crippen molar-refractivity contribution in [1.82, 2.24) is 5.32 Å². The van der Waals surface area contributed by atoms with Gasteiger partial charge in [-0.1, -0.05) is 24.3 Å². The van der Waals surface area contributed by atoms with Crippen LogP contribution < -0.4 is 50.3 Å². The second-order valence-corrected chi connectivity index (χ2v) is 17.7. The van der Waals surface area contributed by atoms with E-state index in [2.05, 4.69) is 5.32 Å². The van der Waals surface area contributed by atoms with E-state index in [0.29, 0.717) is 68.3 Å². The predicted octanol–water partition coefficient (Wildman–Crippen LogP) is 9.08. The van der Waals surface area contributed by atoms with E-state index in [-0.39, 0.29) is 39.9 Å². The van der Waals surface area contributed by atoms with Crippen LogP contribution in [0.4, 0.5) is 0 Å². The molecule has 0 saturated carbocycles. The molecule has 0 aromatic heterocycles. The van der Waals surface area contributed by atoms with Crippen molar-refractivity contribution in [3.05, 3.63) is 151 Å². The second-order valence-electron chi connectivity index (χ2n) is 16.0. The number of methoxy groups -OCH3 is 6. The van der Waals surface area contributed by atoms with Gasteiger partial charge in [-0.05, 0) is 144 Å². The number of rotatable bonds is 11. The molecule has 2 aliphatic rings. The average Bonchev–Trinajstić information content (AvgIpc) is 3.77. The van der Waals surface area contributed by atoms with Crippen LogP contribution in [0.3, 0.4) is 0 Å². The summed E-state index contributed by atoms with van der Waals surface area (Å²) in [6.07, 6.45) is 6.38. The number of carbonyl (C=O) groups is 2. The van der Waals surface area contributed by atoms with Gasteiger partial charge in [-0.15, -0.1) is 23.5 Å². The maximum Gasteiger partial charge on any atom is 0.335 e. The van der Waals surface area contributed by atoms with E-state index in [0.717, 1.165) is 51.8 Å². The molecule has 0 saturated heterocycles. The third-order valence-corrected chi connectivity index (χ3v) is 13.5. The molecule has 15 nitrogen and oxygen atoms in total. The lowest BCUT2D eigenvalue weighted by atomic mass is 9.95. The number of phenols is 2. The fourth-order valence-corrected chi connectivity index (χ4v) is 9.57. The van der Waals surface area contributed by atoms with Crippen LogP contribution in [0.1, 0.15) is 67.9 Å². The number of ether oxygens (including phenoxy) is 6. The van der Waals surface area contributed by atoms with Crippen molar-refractivity contribution >= 4 is 35.4 Å². The predicted molar refractivity (Wildman–Crippen MR) is 276 cm³/mol. The number of carbonyl (C=O) groups excluding carboxylic acids is 1. The summed E-state index contributed by atoms with van der Waals surface area (Å²) in [5.74, 6) is 1.87. The van der Waals surface area contributed by atoms with Crippen LogP contribution in [0, 0.1) is 0 Å². The van der Waals surface area contributed by atoms with Crippen molar-refractivity contribution in [2.75, 3.05) is 55.2 Å². The van der Waals surface area contributed by atoms with Crippen molar-refractivity contribution < 1.29 is 53.3 Å². The van der Waals surface area contributed by atoms with E-state index in [1.165, 1.54) is 59.9 Å². The number of benzene rings is 4. The van der Waals surface area contributed by atoms with E-state index >= 15 is 0 Å². The highest BCUT2D eigenvalue weighted by atomic mass is 32.2. The number of nitrogens with one attached hydrogen (secondary N) is 1. The Balaban J connectivity index is 0.000000200. The van der Waals surface area contributed by atoms with Crippen LogP contribution in [-0.4, -0.2) is 82.4 Å². The zero-order valence-electron chi connectivity index (χ0n) is 40.5. The smallest absolute Gasteiger partial charge is 0.335 e. The fraction of sp³-hybridized carbons (Fsp3) is 0.259. The Hall–Kier alpha value is -7.34. The minimum atomic E-state index is -1.03. The molecule has 2 aliphatic carbocycles. The molecule has 8 rings (SSSR count). The first-order chi connectivity index (χ1) is 34.2. The minimum absolute atomic E-state index is 0.00750. The van der Waals surface area contributed by atoms with Gasteiger partial charge in [0.1, 0.15) is 11.5 Å². The molecule has 17 heteroatoms. The van der Waals surface area contributed by atoms with Gasteiger partial charge in [0.15, 0.2) is 33.9 Å². The van der Waals surface area contributed by atoms with Crippen molar-refractivity contribution in [2.24, 2.45) is 5.73 Å². The molecule has 6 N–H and O–H groups in total. The number of nitrogens with two attached hydrogens (primary N) is 1. The summed E-state index contributed by atoms with van der Waals surface area (Å²) in [4.78, 5) is 50.2. The van der Waals surface area contributed by atoms with Crippen LogP contribution in [0.15, 0.2) is 116 Å². The summed E-state index contributed by atoms with van der Waals surface area (Å²) < 4.78 is 33.7. The van der Waals surface area contributed by atoms with Gasteiger partial charge < -0.3 is 54.8 Å². The van der Waals surface area contributed by atoms with Gasteiger partial charge in [0.25, 0.3) is 5.91 Å². The summed E-state index contributed by atoms with van der Waals surface area (Å²) >= 11 is 2.80. The molecule has 0 unspecified atom stereocenters. The van der Waals surface area contributed by atoms with Crippen LogP contribution in [0.2, 0.25) is 0 Å². The Kier molecular flexibility index (Phi) is 17.9. The molecular formula is C54H56N2O13S2. The van der Waals surface area contributed by atoms with Crippen LogP contribution in [-0.2, 0) is 12.8 Å². The van der Waals surface area contributed by atoms with Gasteiger partial charge in [-0.2, -0.15) is 0 Å². The van der Waals surface area contributed by atoms with E-state index in [1.54, 1.807) is 73.0 Å². The van der Waals surface area contributed by atoms with Gasteiger partial charge in [0.2, 0.25) is 11.5 Å². The van der Waals surface area contributed by atoms with E-state index in [1.807, 2.05) is 42.8 Å². The highest BCUT2D eigenvalue weighted by molar-refractivity contribution is 7.98. The molecule has 0 bridgehead atoms. The quantitative estimate of drug-likeness (QED) is 0.0764. The van der Waals surface area contributed by atoms with Gasteiger partial charge in [-0.3, -0.25) is 14.4 Å². The minimum Gasteiger partial charge on any atom is -0.508 e. The number of fused-ring (bicyclic) bond motifs is 6. The fourth-order valence-electron chi connectivity index (χ4n) is 8.64. The number of amides is 1. The standard InChI is InChI=1S/C27H27NO6S.C20H23NO4S.C7H6O3/c1-32-22-13-15-8-10-20(28-27(31)16-6-5-7-17(29)12-16)19-14-21(30)23(35-4)11-9-18(19)24(15)26(34-3)25(22)33-2;1-23-16-9-11-5-7-14(21)13-10-15(22)17(26-4)8-6-12(13)18(11)20(25-3)19(16)24-2;8-6-3-1-2-5(4-6)7(9)10/h5-7,9,11-14,20,29H,8,10H2,1-4H3,(H,28,31);6,8-10,14H,5,7,21H2,1-4H3;1-4,8H,(H,9,10)/t20-;14-;/m00./s1. The van der Waals surface area contributed by atoms with Crippen LogP contribution >= 0.6 is 23.5 Å². The molecule has 0 radical (unpaired) electrons. The molecule has 372 valence electrons. The van der Waals surface area contributed by atoms with Crippen LogP contribution in [0.5, 0.6) is 46.0 Å². The molecule has 0 aliphatic heterocycles. The molecule has 0 heterocycles. The number of hydrogen-bond donors (Lipinski definition) is 5. The van der Waals surface area contributed by atoms with Crippen molar-refractivity contribution in [3.63, 3.8) is 0 Å². The molecule has 71 heavy (non-hydrogen) atoms. The highest BCUT2D eigenvalue weighted by Gasteiger charge is 2.31. The Labute approximate surface area is 419 Å². The first kappa shape index (κ1) is 53.0. The molecule has 0 spiro atoms. The lowest BCUT2D eigenvalue weighted by Crippen LogP contribution is -2.29. The molecule has 6 aromatic rings. The summed E-state index contributed by atoms with van der Waals surface area (Å²) in [5.41, 5.74) is 13.7. The number of carboxylic acids is 1. The third kappa shape index (κ3) is 11.7.